The molecule has 2 fully saturated rings. The van der Waals surface area contributed by atoms with E-state index in [1.54, 1.807) is 24.0 Å². The van der Waals surface area contributed by atoms with Crippen molar-refractivity contribution in [3.8, 4) is 5.75 Å². The molecule has 13 heteroatoms. The van der Waals surface area contributed by atoms with Crippen LogP contribution in [0.25, 0.3) is 0 Å². The summed E-state index contributed by atoms with van der Waals surface area (Å²) in [5.41, 5.74) is 1.16. The van der Waals surface area contributed by atoms with E-state index in [0.717, 1.165) is 38.8 Å². The van der Waals surface area contributed by atoms with Gasteiger partial charge in [-0.05, 0) is 69.0 Å². The van der Waals surface area contributed by atoms with Crippen molar-refractivity contribution in [2.75, 3.05) is 31.2 Å². The average molecular weight is 609 g/mol. The highest BCUT2D eigenvalue weighted by Crippen LogP contribution is 2.29. The van der Waals surface area contributed by atoms with E-state index in [4.69, 9.17) is 27.9 Å². The number of halogens is 2. The maximum absolute atomic E-state index is 12.8. The first-order valence-electron chi connectivity index (χ1n) is 13.2. The van der Waals surface area contributed by atoms with Gasteiger partial charge in [-0.3, -0.25) is 9.69 Å². The Hall–Kier alpha value is -2.86. The molecule has 3 aliphatic heterocycles. The van der Waals surface area contributed by atoms with Crippen molar-refractivity contribution in [2.24, 2.45) is 5.10 Å². The highest BCUT2D eigenvalue weighted by molar-refractivity contribution is 7.90. The van der Waals surface area contributed by atoms with Gasteiger partial charge >= 0.3 is 6.03 Å². The Bertz CT molecular complexity index is 1400. The highest BCUT2D eigenvalue weighted by atomic mass is 35.5. The average Bonchev–Trinajstić information content (AvgIpc) is 3.28. The Balaban J connectivity index is 1.08. The number of urea groups is 1. The number of amides is 3. The monoisotopic (exact) mass is 607 g/mol. The molecule has 10 nitrogen and oxygen atoms in total. The first kappa shape index (κ1) is 28.7. The maximum atomic E-state index is 12.8. The molecule has 0 saturated carbocycles. The number of rotatable bonds is 6. The minimum atomic E-state index is -4.06. The number of piperidine rings is 2. The number of carbonyl (C=O) groups excluding carboxylic acids is 2. The Morgan fingerprint density at radius 2 is 1.65 bits per heavy atom. The lowest BCUT2D eigenvalue weighted by Crippen LogP contribution is -2.52. The summed E-state index contributed by atoms with van der Waals surface area (Å²) < 4.78 is 34.0. The summed E-state index contributed by atoms with van der Waals surface area (Å²) >= 11 is 12.1. The van der Waals surface area contributed by atoms with Crippen molar-refractivity contribution >= 4 is 56.6 Å². The van der Waals surface area contributed by atoms with Crippen LogP contribution in [0.5, 0.6) is 5.75 Å². The quantitative estimate of drug-likeness (QED) is 0.517. The van der Waals surface area contributed by atoms with Crippen molar-refractivity contribution in [3.63, 3.8) is 0 Å². The lowest BCUT2D eigenvalue weighted by atomic mass is 9.99. The lowest BCUT2D eigenvalue weighted by Gasteiger charge is -2.41. The normalized spacial score (nSPS) is 19.6. The molecule has 3 amide bonds. The second-order valence-corrected chi connectivity index (χ2v) is 12.8. The molecule has 2 aromatic carbocycles. The first-order chi connectivity index (χ1) is 19.1. The first-order valence-corrected chi connectivity index (χ1v) is 15.5. The molecular formula is C27H31Cl2N5O5S. The molecule has 2 aromatic rings. The van der Waals surface area contributed by atoms with E-state index < -0.39 is 16.1 Å². The largest absolute Gasteiger partial charge is 0.490 e. The van der Waals surface area contributed by atoms with Gasteiger partial charge in [0.05, 0.1) is 27.0 Å². The van der Waals surface area contributed by atoms with Gasteiger partial charge in [-0.25, -0.2) is 22.9 Å². The van der Waals surface area contributed by atoms with E-state index in [1.165, 1.54) is 29.3 Å². The molecule has 0 aliphatic carbocycles. The Kier molecular flexibility index (Phi) is 8.55. The molecule has 0 radical (unpaired) electrons. The molecule has 214 valence electrons. The van der Waals surface area contributed by atoms with Crippen LogP contribution in [0, 0.1) is 0 Å². The number of hydrazone groups is 1. The lowest BCUT2D eigenvalue weighted by molar-refractivity contribution is -0.116. The number of nitrogens with one attached hydrogen (secondary N) is 1. The summed E-state index contributed by atoms with van der Waals surface area (Å²) in [5, 5.41) is 6.38. The molecule has 40 heavy (non-hydrogen) atoms. The van der Waals surface area contributed by atoms with Crippen LogP contribution >= 0.6 is 23.2 Å². The zero-order valence-electron chi connectivity index (χ0n) is 22.1. The number of sulfonamides is 1. The van der Waals surface area contributed by atoms with Crippen LogP contribution in [0.1, 0.15) is 39.0 Å². The van der Waals surface area contributed by atoms with E-state index in [2.05, 4.69) is 14.7 Å². The third-order valence-electron chi connectivity index (χ3n) is 7.47. The molecule has 3 aliphatic rings. The molecule has 0 unspecified atom stereocenters. The Morgan fingerprint density at radius 1 is 0.975 bits per heavy atom. The van der Waals surface area contributed by atoms with Gasteiger partial charge in [0.1, 0.15) is 11.9 Å². The topological polar surface area (TPSA) is 112 Å². The highest BCUT2D eigenvalue weighted by Gasteiger charge is 2.32. The van der Waals surface area contributed by atoms with E-state index in [0.29, 0.717) is 46.3 Å². The molecule has 0 atom stereocenters. The van der Waals surface area contributed by atoms with Gasteiger partial charge in [0.25, 0.3) is 15.9 Å². The van der Waals surface area contributed by atoms with Crippen LogP contribution in [0.2, 0.25) is 10.0 Å². The van der Waals surface area contributed by atoms with E-state index in [1.807, 2.05) is 6.07 Å². The van der Waals surface area contributed by atoms with Crippen molar-refractivity contribution in [2.45, 2.75) is 56.1 Å². The minimum absolute atomic E-state index is 0.0576. The smallest absolute Gasteiger partial charge is 0.331 e. The zero-order chi connectivity index (χ0) is 28.4. The summed E-state index contributed by atoms with van der Waals surface area (Å²) in [6.45, 7) is 4.48. The van der Waals surface area contributed by atoms with Crippen LogP contribution in [0.4, 0.5) is 10.5 Å². The molecule has 2 saturated heterocycles. The molecule has 5 rings (SSSR count). The molecule has 1 N–H and O–H groups in total. The molecule has 0 spiro atoms. The molecule has 0 bridgehead atoms. The van der Waals surface area contributed by atoms with Gasteiger partial charge in [0, 0.05) is 44.0 Å². The Morgan fingerprint density at radius 3 is 2.25 bits per heavy atom. The van der Waals surface area contributed by atoms with Crippen molar-refractivity contribution in [3.05, 3.63) is 52.5 Å². The summed E-state index contributed by atoms with van der Waals surface area (Å²) in [6.07, 6.45) is 3.64. The SMILES string of the molecule is CC1=NN(c2ccc(S(=O)(=O)NC(=O)N3CCC(N4CCC(Oc5ccc(Cl)c(Cl)c5)CC4)CC3)cc2)C(=O)C1. The summed E-state index contributed by atoms with van der Waals surface area (Å²) in [7, 11) is -4.06. The number of likely N-dealkylation sites (tertiary alicyclic amines) is 2. The van der Waals surface area contributed by atoms with Gasteiger partial charge in [0.2, 0.25) is 0 Å². The van der Waals surface area contributed by atoms with Crippen LogP contribution in [-0.2, 0) is 14.8 Å². The standard InChI is InChI=1S/C27H31Cl2N5O5S/c1-18-16-26(35)34(30-18)20-2-5-23(6-3-20)40(37,38)31-27(36)33-12-8-19(9-13-33)32-14-10-21(11-15-32)39-22-4-7-24(28)25(29)17-22/h2-7,17,19,21H,8-16H2,1H3,(H,31,36). The van der Waals surface area contributed by atoms with Crippen LogP contribution < -0.4 is 14.5 Å². The van der Waals surface area contributed by atoms with E-state index in [9.17, 15) is 18.0 Å². The number of nitrogens with zero attached hydrogens (tertiary/aromatic N) is 4. The second kappa shape index (κ2) is 11.9. The van der Waals surface area contributed by atoms with Crippen LogP contribution in [0.15, 0.2) is 52.5 Å². The van der Waals surface area contributed by atoms with Crippen LogP contribution in [-0.4, -0.2) is 74.2 Å². The van der Waals surface area contributed by atoms with Crippen molar-refractivity contribution < 1.29 is 22.7 Å². The van der Waals surface area contributed by atoms with Gasteiger partial charge in [-0.2, -0.15) is 5.10 Å². The molecule has 3 heterocycles. The van der Waals surface area contributed by atoms with Crippen LogP contribution in [0.3, 0.4) is 0 Å². The Labute approximate surface area is 243 Å². The number of benzene rings is 2. The van der Waals surface area contributed by atoms with Gasteiger partial charge in [0.15, 0.2) is 0 Å². The molecular weight excluding hydrogens is 577 g/mol. The maximum Gasteiger partial charge on any atom is 0.331 e. The number of hydrogen-bond donors (Lipinski definition) is 1. The number of ether oxygens (including phenoxy) is 1. The second-order valence-electron chi connectivity index (χ2n) is 10.3. The predicted octanol–water partition coefficient (Wildman–Crippen LogP) is 4.51. The van der Waals surface area contributed by atoms with E-state index in [-0.39, 0.29) is 23.3 Å². The number of anilines is 1. The summed E-state index contributed by atoms with van der Waals surface area (Å²) in [6, 6.07) is 10.7. The fourth-order valence-electron chi connectivity index (χ4n) is 5.30. The predicted molar refractivity (Wildman–Crippen MR) is 154 cm³/mol. The molecule has 0 aromatic heterocycles. The van der Waals surface area contributed by atoms with Gasteiger partial charge in [-0.1, -0.05) is 23.2 Å². The summed E-state index contributed by atoms with van der Waals surface area (Å²) in [4.78, 5) is 28.7. The van der Waals surface area contributed by atoms with Crippen molar-refractivity contribution in [1.82, 2.24) is 14.5 Å². The van der Waals surface area contributed by atoms with Gasteiger partial charge < -0.3 is 9.64 Å². The number of carbonyl (C=O) groups is 2. The fourth-order valence-corrected chi connectivity index (χ4v) is 6.56. The third-order valence-corrected chi connectivity index (χ3v) is 9.54. The van der Waals surface area contributed by atoms with Gasteiger partial charge in [-0.15, -0.1) is 0 Å². The number of hydrogen-bond acceptors (Lipinski definition) is 7. The minimum Gasteiger partial charge on any atom is -0.490 e. The van der Waals surface area contributed by atoms with E-state index >= 15 is 0 Å². The fraction of sp³-hybridized carbons (Fsp3) is 0.444. The zero-order valence-corrected chi connectivity index (χ0v) is 24.4. The summed E-state index contributed by atoms with van der Waals surface area (Å²) in [5.74, 6) is 0.537. The van der Waals surface area contributed by atoms with Crippen molar-refractivity contribution in [1.29, 1.82) is 0 Å². The third kappa shape index (κ3) is 6.54.